The van der Waals surface area contributed by atoms with Crippen LogP contribution in [0, 0.1) is 0 Å². The highest BCUT2D eigenvalue weighted by molar-refractivity contribution is 7.80. The summed E-state index contributed by atoms with van der Waals surface area (Å²) in [4.78, 5) is 3.02. The Balaban J connectivity index is 3.64. The second kappa shape index (κ2) is 12.2. The number of hydrogen-bond donors (Lipinski definition) is 1. The molecule has 5 heteroatoms. The molecular formula is C12H26N2O2S. The molecule has 4 nitrogen and oxygen atoms in total. The molecule has 0 heterocycles. The van der Waals surface area contributed by atoms with E-state index in [1.165, 1.54) is 0 Å². The number of nitrogens with two attached hydrogens (primary N) is 1. The molecule has 0 rings (SSSR count). The van der Waals surface area contributed by atoms with Gasteiger partial charge in [0.2, 0.25) is 0 Å². The second-order valence-electron chi connectivity index (χ2n) is 4.10. The third-order valence-electron chi connectivity index (χ3n) is 2.58. The maximum atomic E-state index is 5.47. The molecule has 0 amide bonds. The largest absolute Gasteiger partial charge is 0.393 e. The average Bonchev–Trinajstić information content (AvgIpc) is 2.30. The van der Waals surface area contributed by atoms with E-state index >= 15 is 0 Å². The number of nitrogens with zero attached hydrogens (tertiary/aromatic N) is 1. The number of methoxy groups -OCH3 is 2. The predicted molar refractivity (Wildman–Crippen MR) is 75.4 cm³/mol. The Kier molecular flexibility index (Phi) is 12.1. The first-order chi connectivity index (χ1) is 8.20. The fourth-order valence-electron chi connectivity index (χ4n) is 1.62. The Hall–Kier alpha value is -0.230. The molecule has 0 saturated heterocycles. The van der Waals surface area contributed by atoms with Gasteiger partial charge in [0.1, 0.15) is 0 Å². The van der Waals surface area contributed by atoms with E-state index in [2.05, 4.69) is 4.90 Å². The van der Waals surface area contributed by atoms with Crippen LogP contribution in [0.1, 0.15) is 25.7 Å². The quantitative estimate of drug-likeness (QED) is 0.426. The highest BCUT2D eigenvalue weighted by Gasteiger charge is 2.04. The van der Waals surface area contributed by atoms with Gasteiger partial charge in [-0.05, 0) is 32.2 Å². The molecule has 0 radical (unpaired) electrons. The van der Waals surface area contributed by atoms with Crippen molar-refractivity contribution >= 4 is 17.2 Å². The maximum absolute atomic E-state index is 5.47. The molecular weight excluding hydrogens is 236 g/mol. The van der Waals surface area contributed by atoms with E-state index in [0.29, 0.717) is 4.99 Å². The molecule has 0 aliphatic rings. The number of hydrogen-bond acceptors (Lipinski definition) is 4. The second-order valence-corrected chi connectivity index (χ2v) is 4.63. The van der Waals surface area contributed by atoms with Crippen molar-refractivity contribution in [3.63, 3.8) is 0 Å². The highest BCUT2D eigenvalue weighted by Crippen LogP contribution is 2.00. The van der Waals surface area contributed by atoms with Crippen LogP contribution < -0.4 is 5.73 Å². The lowest BCUT2D eigenvalue weighted by Gasteiger charge is -2.21. The van der Waals surface area contributed by atoms with E-state index in [1.54, 1.807) is 14.2 Å². The van der Waals surface area contributed by atoms with Crippen LogP contribution in [0.4, 0.5) is 0 Å². The minimum Gasteiger partial charge on any atom is -0.393 e. The van der Waals surface area contributed by atoms with Gasteiger partial charge in [0.05, 0.1) is 11.6 Å². The van der Waals surface area contributed by atoms with E-state index in [-0.39, 0.29) is 0 Å². The smallest absolute Gasteiger partial charge is 0.0727 e. The van der Waals surface area contributed by atoms with Crippen LogP contribution in [0.3, 0.4) is 0 Å². The van der Waals surface area contributed by atoms with Crippen LogP contribution in [0.15, 0.2) is 0 Å². The summed E-state index contributed by atoms with van der Waals surface area (Å²) in [6.07, 6.45) is 4.12. The fourth-order valence-corrected chi connectivity index (χ4v) is 1.77. The molecule has 0 aliphatic heterocycles. The van der Waals surface area contributed by atoms with Gasteiger partial charge in [-0.15, -0.1) is 0 Å². The zero-order valence-corrected chi connectivity index (χ0v) is 11.9. The first-order valence-electron chi connectivity index (χ1n) is 6.19. The van der Waals surface area contributed by atoms with E-state index in [4.69, 9.17) is 27.4 Å². The predicted octanol–water partition coefficient (Wildman–Crippen LogP) is 1.43. The summed E-state index contributed by atoms with van der Waals surface area (Å²) in [5.41, 5.74) is 5.47. The normalized spacial score (nSPS) is 11.0. The van der Waals surface area contributed by atoms with Gasteiger partial charge in [0.15, 0.2) is 0 Å². The van der Waals surface area contributed by atoms with E-state index in [0.717, 1.165) is 58.5 Å². The van der Waals surface area contributed by atoms with Gasteiger partial charge in [-0.2, -0.15) is 0 Å². The van der Waals surface area contributed by atoms with Crippen LogP contribution in [0.25, 0.3) is 0 Å². The summed E-state index contributed by atoms with van der Waals surface area (Å²) in [5, 5.41) is 0. The number of ether oxygens (including phenoxy) is 2. The molecule has 0 unspecified atom stereocenters. The lowest BCUT2D eigenvalue weighted by molar-refractivity contribution is 0.132. The van der Waals surface area contributed by atoms with E-state index < -0.39 is 0 Å². The van der Waals surface area contributed by atoms with Crippen molar-refractivity contribution in [1.82, 2.24) is 4.90 Å². The number of thiocarbonyl (C=S) groups is 1. The summed E-state index contributed by atoms with van der Waals surface area (Å²) in [6, 6.07) is 0. The number of unbranched alkanes of at least 4 members (excludes halogenated alkanes) is 1. The summed E-state index contributed by atoms with van der Waals surface area (Å²) < 4.78 is 10.2. The maximum Gasteiger partial charge on any atom is 0.0727 e. The Labute approximate surface area is 110 Å². The SMILES string of the molecule is COCCCN(CCCCC(N)=S)CCOC. The van der Waals surface area contributed by atoms with E-state index in [1.807, 2.05) is 0 Å². The first kappa shape index (κ1) is 16.8. The minimum atomic E-state index is 0.618. The molecule has 17 heavy (non-hydrogen) atoms. The van der Waals surface area contributed by atoms with Crippen LogP contribution in [-0.2, 0) is 9.47 Å². The number of rotatable bonds is 12. The Bertz CT molecular complexity index is 191. The van der Waals surface area contributed by atoms with Crippen LogP contribution in [0.5, 0.6) is 0 Å². The lowest BCUT2D eigenvalue weighted by Crippen LogP contribution is -2.30. The fraction of sp³-hybridized carbons (Fsp3) is 0.917. The standard InChI is InChI=1S/C12H26N2O2S/c1-15-10-5-8-14(9-11-16-2)7-4-3-6-12(13)17/h3-11H2,1-2H3,(H2,13,17). The van der Waals surface area contributed by atoms with E-state index in [9.17, 15) is 0 Å². The first-order valence-corrected chi connectivity index (χ1v) is 6.60. The summed E-state index contributed by atoms with van der Waals surface area (Å²) in [6.45, 7) is 4.71. The monoisotopic (exact) mass is 262 g/mol. The van der Waals surface area contributed by atoms with Crippen molar-refractivity contribution in [1.29, 1.82) is 0 Å². The van der Waals surface area contributed by atoms with Gasteiger partial charge in [-0.25, -0.2) is 0 Å². The third-order valence-corrected chi connectivity index (χ3v) is 2.79. The molecule has 0 aromatic heterocycles. The summed E-state index contributed by atoms with van der Waals surface area (Å²) >= 11 is 4.86. The highest BCUT2D eigenvalue weighted by atomic mass is 32.1. The van der Waals surface area contributed by atoms with Crippen molar-refractivity contribution in [2.24, 2.45) is 5.73 Å². The van der Waals surface area contributed by atoms with Gasteiger partial charge in [0, 0.05) is 33.9 Å². The molecule has 0 bridgehead atoms. The Morgan fingerprint density at radius 2 is 1.65 bits per heavy atom. The third kappa shape index (κ3) is 12.0. The van der Waals surface area contributed by atoms with Crippen LogP contribution in [0.2, 0.25) is 0 Å². The summed E-state index contributed by atoms with van der Waals surface area (Å²) in [7, 11) is 3.47. The molecule has 0 atom stereocenters. The minimum absolute atomic E-state index is 0.618. The van der Waals surface area contributed by atoms with Crippen molar-refractivity contribution in [3.8, 4) is 0 Å². The molecule has 0 aromatic rings. The zero-order valence-electron chi connectivity index (χ0n) is 11.1. The van der Waals surface area contributed by atoms with Crippen molar-refractivity contribution < 1.29 is 9.47 Å². The Morgan fingerprint density at radius 3 is 2.24 bits per heavy atom. The lowest BCUT2D eigenvalue weighted by atomic mass is 10.2. The van der Waals surface area contributed by atoms with Gasteiger partial charge in [0.25, 0.3) is 0 Å². The van der Waals surface area contributed by atoms with Crippen LogP contribution >= 0.6 is 12.2 Å². The molecule has 0 fully saturated rings. The molecule has 2 N–H and O–H groups in total. The molecule has 102 valence electrons. The topological polar surface area (TPSA) is 47.7 Å². The molecule has 0 aromatic carbocycles. The van der Waals surface area contributed by atoms with Crippen molar-refractivity contribution in [3.05, 3.63) is 0 Å². The average molecular weight is 262 g/mol. The molecule has 0 saturated carbocycles. The Morgan fingerprint density at radius 1 is 1.00 bits per heavy atom. The van der Waals surface area contributed by atoms with Gasteiger partial charge < -0.3 is 20.1 Å². The van der Waals surface area contributed by atoms with Gasteiger partial charge >= 0.3 is 0 Å². The molecule has 0 spiro atoms. The van der Waals surface area contributed by atoms with Gasteiger partial charge in [-0.3, -0.25) is 0 Å². The van der Waals surface area contributed by atoms with Crippen molar-refractivity contribution in [2.45, 2.75) is 25.7 Å². The summed E-state index contributed by atoms with van der Waals surface area (Å²) in [5.74, 6) is 0. The van der Waals surface area contributed by atoms with Crippen LogP contribution in [-0.4, -0.2) is 57.0 Å². The van der Waals surface area contributed by atoms with Gasteiger partial charge in [-0.1, -0.05) is 12.2 Å². The van der Waals surface area contributed by atoms with Crippen molar-refractivity contribution in [2.75, 3.05) is 47.1 Å². The zero-order chi connectivity index (χ0) is 12.9. The molecule has 0 aliphatic carbocycles.